The van der Waals surface area contributed by atoms with E-state index in [2.05, 4.69) is 10.2 Å². The fourth-order valence-corrected chi connectivity index (χ4v) is 4.26. The molecule has 0 bridgehead atoms. The van der Waals surface area contributed by atoms with Gasteiger partial charge in [0.25, 0.3) is 0 Å². The summed E-state index contributed by atoms with van der Waals surface area (Å²) in [6, 6.07) is 9.82. The van der Waals surface area contributed by atoms with Crippen LogP contribution in [0, 0.1) is 0 Å². The summed E-state index contributed by atoms with van der Waals surface area (Å²) < 4.78 is 1.58. The molecule has 1 aromatic carbocycles. The standard InChI is InChI=1S/C19H27N5OS/c1-14(2)23(16-11-7-4-8-12-16)17(25)13-26-19-22-21-18(24(19)20)15-9-5-3-6-10-15/h4,7-8,11-12,14-15H,3,5-6,9-10,13,20H2,1-2H3. The lowest BCUT2D eigenvalue weighted by molar-refractivity contribution is -0.116. The molecule has 0 spiro atoms. The molecular weight excluding hydrogens is 346 g/mol. The highest BCUT2D eigenvalue weighted by atomic mass is 32.2. The number of carbonyl (C=O) groups is 1. The van der Waals surface area contributed by atoms with Gasteiger partial charge in [-0.25, -0.2) is 4.68 Å². The van der Waals surface area contributed by atoms with Crippen LogP contribution < -0.4 is 10.7 Å². The van der Waals surface area contributed by atoms with Crippen LogP contribution in [0.15, 0.2) is 35.5 Å². The number of rotatable bonds is 6. The van der Waals surface area contributed by atoms with Gasteiger partial charge in [-0.1, -0.05) is 49.2 Å². The van der Waals surface area contributed by atoms with Crippen molar-refractivity contribution in [1.82, 2.24) is 14.9 Å². The first-order valence-corrected chi connectivity index (χ1v) is 10.3. The Morgan fingerprint density at radius 3 is 2.58 bits per heavy atom. The maximum Gasteiger partial charge on any atom is 0.237 e. The van der Waals surface area contributed by atoms with Gasteiger partial charge in [0.15, 0.2) is 5.82 Å². The summed E-state index contributed by atoms with van der Waals surface area (Å²) in [4.78, 5) is 14.6. The molecule has 0 radical (unpaired) electrons. The molecule has 2 N–H and O–H groups in total. The van der Waals surface area contributed by atoms with Crippen LogP contribution in [-0.4, -0.2) is 32.6 Å². The van der Waals surface area contributed by atoms with E-state index in [0.717, 1.165) is 24.4 Å². The molecule has 1 saturated carbocycles. The molecule has 3 rings (SSSR count). The number of nitrogens with zero attached hydrogens (tertiary/aromatic N) is 4. The lowest BCUT2D eigenvalue weighted by atomic mass is 9.89. The lowest BCUT2D eigenvalue weighted by Crippen LogP contribution is -2.38. The Morgan fingerprint density at radius 2 is 1.92 bits per heavy atom. The van der Waals surface area contributed by atoms with Crippen molar-refractivity contribution in [1.29, 1.82) is 0 Å². The zero-order chi connectivity index (χ0) is 18.5. The fourth-order valence-electron chi connectivity index (χ4n) is 3.54. The van der Waals surface area contributed by atoms with Crippen molar-refractivity contribution >= 4 is 23.4 Å². The fraction of sp³-hybridized carbons (Fsp3) is 0.526. The minimum Gasteiger partial charge on any atom is -0.336 e. The molecule has 1 aliphatic carbocycles. The zero-order valence-corrected chi connectivity index (χ0v) is 16.3. The zero-order valence-electron chi connectivity index (χ0n) is 15.5. The van der Waals surface area contributed by atoms with Crippen LogP contribution in [0.1, 0.15) is 57.7 Å². The molecule has 0 aliphatic heterocycles. The van der Waals surface area contributed by atoms with E-state index in [1.807, 2.05) is 49.1 Å². The van der Waals surface area contributed by atoms with Crippen molar-refractivity contribution in [2.75, 3.05) is 16.5 Å². The van der Waals surface area contributed by atoms with E-state index in [0.29, 0.717) is 11.1 Å². The van der Waals surface area contributed by atoms with Crippen molar-refractivity contribution in [2.45, 2.75) is 63.1 Å². The summed E-state index contributed by atoms with van der Waals surface area (Å²) in [5.74, 6) is 7.78. The maximum atomic E-state index is 12.8. The summed E-state index contributed by atoms with van der Waals surface area (Å²) in [6.45, 7) is 4.03. The summed E-state index contributed by atoms with van der Waals surface area (Å²) in [5, 5.41) is 9.12. The van der Waals surface area contributed by atoms with Crippen molar-refractivity contribution in [3.8, 4) is 0 Å². The highest BCUT2D eigenvalue weighted by Gasteiger charge is 2.24. The Morgan fingerprint density at radius 1 is 1.23 bits per heavy atom. The molecular formula is C19H27N5OS. The third-order valence-electron chi connectivity index (χ3n) is 4.81. The van der Waals surface area contributed by atoms with Crippen LogP contribution in [0.2, 0.25) is 0 Å². The molecule has 1 amide bonds. The normalized spacial score (nSPS) is 15.3. The van der Waals surface area contributed by atoms with E-state index >= 15 is 0 Å². The molecule has 6 nitrogen and oxygen atoms in total. The average Bonchev–Trinajstić information content (AvgIpc) is 3.02. The van der Waals surface area contributed by atoms with Gasteiger partial charge in [-0.05, 0) is 38.8 Å². The summed E-state index contributed by atoms with van der Waals surface area (Å²) in [6.07, 6.45) is 5.97. The molecule has 1 heterocycles. The van der Waals surface area contributed by atoms with Crippen molar-refractivity contribution in [3.05, 3.63) is 36.2 Å². The summed E-state index contributed by atoms with van der Waals surface area (Å²) >= 11 is 1.35. The van der Waals surface area contributed by atoms with Crippen molar-refractivity contribution in [2.24, 2.45) is 0 Å². The van der Waals surface area contributed by atoms with Crippen molar-refractivity contribution < 1.29 is 4.79 Å². The minimum absolute atomic E-state index is 0.0402. The number of para-hydroxylation sites is 1. The Kier molecular flexibility index (Phi) is 6.19. The largest absolute Gasteiger partial charge is 0.336 e. The number of nitrogen functional groups attached to an aromatic ring is 1. The van der Waals surface area contributed by atoms with Gasteiger partial charge >= 0.3 is 0 Å². The van der Waals surface area contributed by atoms with Gasteiger partial charge in [0.1, 0.15) is 0 Å². The molecule has 0 atom stereocenters. The second-order valence-electron chi connectivity index (χ2n) is 7.03. The van der Waals surface area contributed by atoms with Crippen LogP contribution in [0.3, 0.4) is 0 Å². The van der Waals surface area contributed by atoms with Crippen LogP contribution >= 0.6 is 11.8 Å². The third-order valence-corrected chi connectivity index (χ3v) is 5.73. The number of hydrogen-bond donors (Lipinski definition) is 1. The van der Waals surface area contributed by atoms with E-state index in [9.17, 15) is 4.79 Å². The Bertz CT molecular complexity index is 725. The number of thioether (sulfide) groups is 1. The van der Waals surface area contributed by atoms with Crippen LogP contribution in [0.4, 0.5) is 5.69 Å². The third kappa shape index (κ3) is 4.20. The highest BCUT2D eigenvalue weighted by molar-refractivity contribution is 7.99. The second kappa shape index (κ2) is 8.58. The van der Waals surface area contributed by atoms with Crippen molar-refractivity contribution in [3.63, 3.8) is 0 Å². The van der Waals surface area contributed by atoms with E-state index in [1.54, 1.807) is 4.68 Å². The Labute approximate surface area is 159 Å². The molecule has 1 fully saturated rings. The van der Waals surface area contributed by atoms with Crippen LogP contribution in [-0.2, 0) is 4.79 Å². The predicted octanol–water partition coefficient (Wildman–Crippen LogP) is 3.57. The number of carbonyl (C=O) groups excluding carboxylic acids is 1. The highest BCUT2D eigenvalue weighted by Crippen LogP contribution is 2.32. The Hall–Kier alpha value is -2.02. The number of aromatic nitrogens is 3. The quantitative estimate of drug-likeness (QED) is 0.619. The molecule has 0 unspecified atom stereocenters. The number of hydrogen-bond acceptors (Lipinski definition) is 5. The molecule has 1 aromatic heterocycles. The average molecular weight is 374 g/mol. The molecule has 7 heteroatoms. The van der Waals surface area contributed by atoms with Gasteiger partial charge in [0.05, 0.1) is 5.75 Å². The van der Waals surface area contributed by atoms with E-state index in [-0.39, 0.29) is 17.7 Å². The molecule has 2 aromatic rings. The molecule has 0 saturated heterocycles. The van der Waals surface area contributed by atoms with Gasteiger partial charge in [-0.3, -0.25) is 4.79 Å². The maximum absolute atomic E-state index is 12.8. The first-order valence-electron chi connectivity index (χ1n) is 9.28. The monoisotopic (exact) mass is 373 g/mol. The van der Waals surface area contributed by atoms with Crippen LogP contribution in [0.5, 0.6) is 0 Å². The lowest BCUT2D eigenvalue weighted by Gasteiger charge is -2.26. The predicted molar refractivity (Wildman–Crippen MR) is 106 cm³/mol. The van der Waals surface area contributed by atoms with Gasteiger partial charge in [0.2, 0.25) is 11.1 Å². The first kappa shape index (κ1) is 18.8. The summed E-state index contributed by atoms with van der Waals surface area (Å²) in [7, 11) is 0. The molecule has 26 heavy (non-hydrogen) atoms. The molecule has 1 aliphatic rings. The number of benzene rings is 1. The Balaban J connectivity index is 1.66. The smallest absolute Gasteiger partial charge is 0.237 e. The van der Waals surface area contributed by atoms with Crippen LogP contribution in [0.25, 0.3) is 0 Å². The van der Waals surface area contributed by atoms with E-state index < -0.39 is 0 Å². The van der Waals surface area contributed by atoms with E-state index in [1.165, 1.54) is 31.0 Å². The number of amides is 1. The van der Waals surface area contributed by atoms with Gasteiger partial charge in [-0.2, -0.15) is 0 Å². The second-order valence-corrected chi connectivity index (χ2v) is 7.97. The topological polar surface area (TPSA) is 77.0 Å². The number of anilines is 1. The van der Waals surface area contributed by atoms with Gasteiger partial charge in [0, 0.05) is 17.6 Å². The summed E-state index contributed by atoms with van der Waals surface area (Å²) in [5.41, 5.74) is 0.908. The van der Waals surface area contributed by atoms with Gasteiger partial charge in [-0.15, -0.1) is 10.2 Å². The SMILES string of the molecule is CC(C)N(C(=O)CSc1nnc(C2CCCCC2)n1N)c1ccccc1. The van der Waals surface area contributed by atoms with Gasteiger partial charge < -0.3 is 10.7 Å². The minimum atomic E-state index is 0.0402. The first-order chi connectivity index (χ1) is 12.6. The number of nitrogens with two attached hydrogens (primary N) is 1. The van der Waals surface area contributed by atoms with E-state index in [4.69, 9.17) is 5.84 Å². The molecule has 140 valence electrons.